The molecule has 2 heterocycles. The molecular formula is C28H19NO. The minimum absolute atomic E-state index is 0.333. The van der Waals surface area contributed by atoms with E-state index in [1.165, 1.54) is 0 Å². The number of nitrogens with zero attached hydrogens (tertiary/aromatic N) is 1. The second-order valence-corrected chi connectivity index (χ2v) is 7.45. The van der Waals surface area contributed by atoms with Crippen molar-refractivity contribution in [3.05, 3.63) is 103 Å². The Labute approximate surface area is 178 Å². The van der Waals surface area contributed by atoms with Crippen molar-refractivity contribution < 1.29 is 8.53 Å². The summed E-state index contributed by atoms with van der Waals surface area (Å²) in [6, 6.07) is 29.6. The van der Waals surface area contributed by atoms with Gasteiger partial charge in [0.25, 0.3) is 0 Å². The minimum atomic E-state index is -2.11. The van der Waals surface area contributed by atoms with Gasteiger partial charge in [-0.1, -0.05) is 72.3 Å². The number of pyridine rings is 1. The smallest absolute Gasteiger partial charge is 0.144 e. The number of para-hydroxylation sites is 1. The number of benzene rings is 4. The summed E-state index contributed by atoms with van der Waals surface area (Å²) in [4.78, 5) is 4.62. The Kier molecular flexibility index (Phi) is 3.09. The second kappa shape index (κ2) is 6.57. The SMILES string of the molecule is [2H]C([2H])([2H])c1ccc(-c2ccnc(-c3cccc4c3oc3c5ccccc5ccc43)c2)cc1. The molecule has 0 N–H and O–H groups in total. The van der Waals surface area contributed by atoms with Crippen molar-refractivity contribution in [1.82, 2.24) is 4.98 Å². The van der Waals surface area contributed by atoms with Gasteiger partial charge in [-0.05, 0) is 47.6 Å². The molecule has 0 radical (unpaired) electrons. The molecular weight excluding hydrogens is 366 g/mol. The summed E-state index contributed by atoms with van der Waals surface area (Å²) in [6.07, 6.45) is 1.78. The maximum absolute atomic E-state index is 7.58. The van der Waals surface area contributed by atoms with Crippen LogP contribution < -0.4 is 0 Å². The van der Waals surface area contributed by atoms with Crippen LogP contribution in [0.15, 0.2) is 102 Å². The monoisotopic (exact) mass is 388 g/mol. The average molecular weight is 388 g/mol. The number of aryl methyl sites for hydroxylation is 1. The first-order valence-electron chi connectivity index (χ1n) is 11.4. The van der Waals surface area contributed by atoms with Crippen molar-refractivity contribution in [3.63, 3.8) is 0 Å². The number of fused-ring (bicyclic) bond motifs is 5. The summed E-state index contributed by atoms with van der Waals surface area (Å²) < 4.78 is 29.2. The fourth-order valence-corrected chi connectivity index (χ4v) is 4.15. The van der Waals surface area contributed by atoms with Crippen LogP contribution in [0.2, 0.25) is 0 Å². The van der Waals surface area contributed by atoms with Crippen molar-refractivity contribution in [1.29, 1.82) is 0 Å². The van der Waals surface area contributed by atoms with Crippen molar-refractivity contribution in [3.8, 4) is 22.4 Å². The minimum Gasteiger partial charge on any atom is -0.455 e. The molecule has 142 valence electrons. The van der Waals surface area contributed by atoms with Crippen LogP contribution in [0.1, 0.15) is 9.68 Å². The second-order valence-electron chi connectivity index (χ2n) is 7.45. The van der Waals surface area contributed by atoms with Crippen LogP contribution in [-0.2, 0) is 0 Å². The standard InChI is InChI=1S/C28H19NO/c1-18-9-11-19(12-10-18)21-15-16-29-26(17-21)25-8-4-7-23-24-14-13-20-5-2-3-6-22(20)27(24)30-28(23)25/h2-17H,1H3/i1D3. The molecule has 4 aromatic carbocycles. The number of hydrogen-bond donors (Lipinski definition) is 0. The molecule has 0 saturated heterocycles. The molecule has 0 bridgehead atoms. The van der Waals surface area contributed by atoms with E-state index < -0.39 is 6.85 Å². The van der Waals surface area contributed by atoms with Crippen LogP contribution in [0, 0.1) is 6.85 Å². The van der Waals surface area contributed by atoms with Gasteiger partial charge in [-0.25, -0.2) is 0 Å². The third-order valence-corrected chi connectivity index (χ3v) is 5.64. The van der Waals surface area contributed by atoms with Crippen LogP contribution in [0.5, 0.6) is 0 Å². The molecule has 0 saturated carbocycles. The zero-order valence-corrected chi connectivity index (χ0v) is 16.1. The Hall–Kier alpha value is -3.91. The van der Waals surface area contributed by atoms with Gasteiger partial charge in [0.05, 0.1) is 5.69 Å². The highest BCUT2D eigenvalue weighted by Crippen LogP contribution is 2.38. The fourth-order valence-electron chi connectivity index (χ4n) is 4.15. The molecule has 2 aromatic heterocycles. The molecule has 0 atom stereocenters. The summed E-state index contributed by atoms with van der Waals surface area (Å²) >= 11 is 0. The highest BCUT2D eigenvalue weighted by atomic mass is 16.3. The number of furan rings is 1. The van der Waals surface area contributed by atoms with E-state index in [1.807, 2.05) is 48.5 Å². The van der Waals surface area contributed by atoms with Gasteiger partial charge in [0, 0.05) is 32.0 Å². The molecule has 0 unspecified atom stereocenters. The highest BCUT2D eigenvalue weighted by Gasteiger charge is 2.15. The Morgan fingerprint density at radius 3 is 2.43 bits per heavy atom. The third-order valence-electron chi connectivity index (χ3n) is 5.64. The Morgan fingerprint density at radius 2 is 1.53 bits per heavy atom. The number of hydrogen-bond acceptors (Lipinski definition) is 2. The van der Waals surface area contributed by atoms with Crippen LogP contribution >= 0.6 is 0 Å². The lowest BCUT2D eigenvalue weighted by atomic mass is 10.0. The van der Waals surface area contributed by atoms with Crippen molar-refractivity contribution in [2.75, 3.05) is 0 Å². The number of aromatic nitrogens is 1. The summed E-state index contributed by atoms with van der Waals surface area (Å²) in [5, 5.41) is 4.38. The lowest BCUT2D eigenvalue weighted by Crippen LogP contribution is -1.86. The lowest BCUT2D eigenvalue weighted by Gasteiger charge is -2.06. The van der Waals surface area contributed by atoms with Gasteiger partial charge in [-0.15, -0.1) is 0 Å². The molecule has 0 aliphatic heterocycles. The highest BCUT2D eigenvalue weighted by molar-refractivity contribution is 6.17. The fraction of sp³-hybridized carbons (Fsp3) is 0.0357. The number of rotatable bonds is 2. The maximum atomic E-state index is 7.58. The molecule has 0 amide bonds. The van der Waals surface area contributed by atoms with E-state index in [0.29, 0.717) is 5.56 Å². The molecule has 2 heteroatoms. The molecule has 2 nitrogen and oxygen atoms in total. The van der Waals surface area contributed by atoms with Gasteiger partial charge in [-0.2, -0.15) is 0 Å². The lowest BCUT2D eigenvalue weighted by molar-refractivity contribution is 0.673. The van der Waals surface area contributed by atoms with Gasteiger partial charge < -0.3 is 4.42 Å². The van der Waals surface area contributed by atoms with E-state index in [2.05, 4.69) is 35.3 Å². The molecule has 30 heavy (non-hydrogen) atoms. The van der Waals surface area contributed by atoms with Gasteiger partial charge in [0.2, 0.25) is 0 Å². The normalized spacial score (nSPS) is 13.4. The maximum Gasteiger partial charge on any atom is 0.144 e. The van der Waals surface area contributed by atoms with E-state index in [1.54, 1.807) is 18.3 Å². The van der Waals surface area contributed by atoms with Crippen LogP contribution in [0.3, 0.4) is 0 Å². The van der Waals surface area contributed by atoms with Gasteiger partial charge in [0.15, 0.2) is 0 Å². The predicted octanol–water partition coefficient (Wildman–Crippen LogP) is 7.78. The van der Waals surface area contributed by atoms with Crippen molar-refractivity contribution >= 4 is 32.7 Å². The average Bonchev–Trinajstić information content (AvgIpc) is 3.23. The molecule has 0 fully saturated rings. The summed E-state index contributed by atoms with van der Waals surface area (Å²) in [6.45, 7) is -2.11. The quantitative estimate of drug-likeness (QED) is 0.303. The first kappa shape index (κ1) is 14.1. The molecule has 6 aromatic rings. The topological polar surface area (TPSA) is 26.0 Å². The van der Waals surface area contributed by atoms with E-state index in [-0.39, 0.29) is 0 Å². The Morgan fingerprint density at radius 1 is 0.700 bits per heavy atom. The van der Waals surface area contributed by atoms with E-state index >= 15 is 0 Å². The zero-order chi connectivity index (χ0) is 22.6. The zero-order valence-electron chi connectivity index (χ0n) is 19.1. The summed E-state index contributed by atoms with van der Waals surface area (Å²) in [5.41, 5.74) is 5.66. The van der Waals surface area contributed by atoms with Crippen molar-refractivity contribution in [2.45, 2.75) is 6.85 Å². The molecule has 0 spiro atoms. The molecule has 0 aliphatic carbocycles. The van der Waals surface area contributed by atoms with Crippen LogP contribution in [-0.4, -0.2) is 4.98 Å². The third kappa shape index (κ3) is 2.61. The molecule has 6 rings (SSSR count). The van der Waals surface area contributed by atoms with E-state index in [9.17, 15) is 0 Å². The first-order valence-corrected chi connectivity index (χ1v) is 9.89. The van der Waals surface area contributed by atoms with Crippen LogP contribution in [0.25, 0.3) is 55.1 Å². The van der Waals surface area contributed by atoms with Gasteiger partial charge in [-0.3, -0.25) is 4.98 Å². The van der Waals surface area contributed by atoms with Gasteiger partial charge in [0.1, 0.15) is 11.2 Å². The van der Waals surface area contributed by atoms with Gasteiger partial charge >= 0.3 is 0 Å². The molecule has 0 aliphatic rings. The Bertz CT molecular complexity index is 1650. The largest absolute Gasteiger partial charge is 0.455 e. The predicted molar refractivity (Wildman–Crippen MR) is 125 cm³/mol. The Balaban J connectivity index is 1.50. The van der Waals surface area contributed by atoms with E-state index in [4.69, 9.17) is 8.53 Å². The van der Waals surface area contributed by atoms with E-state index in [0.717, 1.165) is 55.1 Å². The summed E-state index contributed by atoms with van der Waals surface area (Å²) in [7, 11) is 0. The summed E-state index contributed by atoms with van der Waals surface area (Å²) in [5.74, 6) is 0. The first-order chi connectivity index (χ1) is 16.0. The van der Waals surface area contributed by atoms with Crippen molar-refractivity contribution in [2.24, 2.45) is 0 Å². The van der Waals surface area contributed by atoms with Crippen LogP contribution in [0.4, 0.5) is 0 Å².